The molecule has 4 heteroatoms. The van der Waals surface area contributed by atoms with Gasteiger partial charge in [-0.25, -0.2) is 4.39 Å². The highest BCUT2D eigenvalue weighted by molar-refractivity contribution is 9.10. The minimum atomic E-state index is -0.169. The van der Waals surface area contributed by atoms with E-state index in [1.165, 1.54) is 45.0 Å². The zero-order valence-electron chi connectivity index (χ0n) is 11.5. The molecule has 1 aromatic rings. The van der Waals surface area contributed by atoms with E-state index in [4.69, 9.17) is 0 Å². The molecule has 0 radical (unpaired) electrons. The third-order valence-corrected chi connectivity index (χ3v) is 4.49. The van der Waals surface area contributed by atoms with Crippen LogP contribution in [0.3, 0.4) is 0 Å². The fraction of sp³-hybridized carbons (Fsp3) is 0.600. The van der Waals surface area contributed by atoms with Crippen molar-refractivity contribution in [3.8, 4) is 0 Å². The molecule has 1 aliphatic heterocycles. The van der Waals surface area contributed by atoms with Crippen molar-refractivity contribution < 1.29 is 4.39 Å². The summed E-state index contributed by atoms with van der Waals surface area (Å²) in [4.78, 5) is 2.52. The summed E-state index contributed by atoms with van der Waals surface area (Å²) >= 11 is 3.47. The van der Waals surface area contributed by atoms with E-state index in [0.717, 1.165) is 16.6 Å². The molecule has 0 spiro atoms. The minimum Gasteiger partial charge on any atom is -0.310 e. The van der Waals surface area contributed by atoms with Gasteiger partial charge < -0.3 is 10.2 Å². The summed E-state index contributed by atoms with van der Waals surface area (Å²) in [5.41, 5.74) is 0.996. The third-order valence-electron chi connectivity index (χ3n) is 3.72. The van der Waals surface area contributed by atoms with Crippen LogP contribution in [0.5, 0.6) is 0 Å². The summed E-state index contributed by atoms with van der Waals surface area (Å²) < 4.78 is 14.2. The number of halogens is 2. The summed E-state index contributed by atoms with van der Waals surface area (Å²) in [7, 11) is 0. The molecule has 1 N–H and O–H groups in total. The van der Waals surface area contributed by atoms with E-state index < -0.39 is 0 Å². The largest absolute Gasteiger partial charge is 0.310 e. The van der Waals surface area contributed by atoms with Crippen molar-refractivity contribution in [2.45, 2.75) is 38.8 Å². The minimum absolute atomic E-state index is 0.169. The number of piperidine rings is 1. The van der Waals surface area contributed by atoms with Crippen molar-refractivity contribution in [2.75, 3.05) is 19.6 Å². The zero-order valence-corrected chi connectivity index (χ0v) is 13.0. The van der Waals surface area contributed by atoms with Crippen LogP contribution >= 0.6 is 15.9 Å². The molecule has 0 aromatic heterocycles. The molecule has 19 heavy (non-hydrogen) atoms. The van der Waals surface area contributed by atoms with Gasteiger partial charge in [0.25, 0.3) is 0 Å². The second-order valence-corrected chi connectivity index (χ2v) is 6.09. The van der Waals surface area contributed by atoms with Gasteiger partial charge in [0, 0.05) is 17.1 Å². The lowest BCUT2D eigenvalue weighted by molar-refractivity contribution is 0.197. The van der Waals surface area contributed by atoms with Gasteiger partial charge in [-0.05, 0) is 62.7 Å². The molecule has 0 saturated carbocycles. The molecule has 0 atom stereocenters. The molecular weight excluding hydrogens is 307 g/mol. The number of hydrogen-bond donors (Lipinski definition) is 1. The van der Waals surface area contributed by atoms with E-state index >= 15 is 0 Å². The molecule has 1 heterocycles. The average Bonchev–Trinajstić information content (AvgIpc) is 2.42. The summed E-state index contributed by atoms with van der Waals surface area (Å²) in [5.74, 6) is -0.169. The molecule has 0 bridgehead atoms. The van der Waals surface area contributed by atoms with Gasteiger partial charge in [0.2, 0.25) is 0 Å². The van der Waals surface area contributed by atoms with E-state index in [0.29, 0.717) is 6.04 Å². The molecule has 1 saturated heterocycles. The van der Waals surface area contributed by atoms with E-state index in [1.54, 1.807) is 12.1 Å². The summed E-state index contributed by atoms with van der Waals surface area (Å²) in [6, 6.07) is 5.42. The Hall–Kier alpha value is -0.450. The zero-order chi connectivity index (χ0) is 13.7. The Morgan fingerprint density at radius 3 is 2.79 bits per heavy atom. The fourth-order valence-corrected chi connectivity index (χ4v) is 3.00. The Bertz CT molecular complexity index is 403. The van der Waals surface area contributed by atoms with E-state index in [2.05, 4.69) is 33.1 Å². The van der Waals surface area contributed by atoms with Crippen LogP contribution in [0.25, 0.3) is 0 Å². The maximum absolute atomic E-state index is 13.2. The van der Waals surface area contributed by atoms with Crippen LogP contribution in [0.15, 0.2) is 22.7 Å². The lowest BCUT2D eigenvalue weighted by Crippen LogP contribution is -2.42. The third kappa shape index (κ3) is 4.55. The first-order chi connectivity index (χ1) is 9.19. The van der Waals surface area contributed by atoms with Crippen LogP contribution in [0.4, 0.5) is 4.39 Å². The second-order valence-electron chi connectivity index (χ2n) is 5.23. The first kappa shape index (κ1) is 14.9. The van der Waals surface area contributed by atoms with Crippen LogP contribution in [-0.2, 0) is 6.54 Å². The molecule has 106 valence electrons. The molecule has 0 unspecified atom stereocenters. The van der Waals surface area contributed by atoms with Crippen molar-refractivity contribution in [1.29, 1.82) is 0 Å². The summed E-state index contributed by atoms with van der Waals surface area (Å²) in [6.45, 7) is 6.52. The van der Waals surface area contributed by atoms with Gasteiger partial charge in [-0.15, -0.1) is 0 Å². The first-order valence-corrected chi connectivity index (χ1v) is 7.88. The standard InChI is InChI=1S/C15H22BrFN2/c1-2-7-19-8-5-14(6-9-19)18-11-12-10-13(17)3-4-15(12)16/h3-4,10,14,18H,2,5-9,11H2,1H3. The van der Waals surface area contributed by atoms with Gasteiger partial charge in [-0.2, -0.15) is 0 Å². The Kier molecular flexibility index (Phi) is 5.79. The van der Waals surface area contributed by atoms with E-state index in [9.17, 15) is 4.39 Å². The van der Waals surface area contributed by atoms with Crippen LogP contribution in [0.1, 0.15) is 31.7 Å². The van der Waals surface area contributed by atoms with Crippen molar-refractivity contribution in [1.82, 2.24) is 10.2 Å². The quantitative estimate of drug-likeness (QED) is 0.889. The average molecular weight is 329 g/mol. The van der Waals surface area contributed by atoms with Crippen LogP contribution in [0, 0.1) is 5.82 Å². The topological polar surface area (TPSA) is 15.3 Å². The maximum atomic E-state index is 13.2. The van der Waals surface area contributed by atoms with Gasteiger partial charge in [0.05, 0.1) is 0 Å². The van der Waals surface area contributed by atoms with Crippen molar-refractivity contribution >= 4 is 15.9 Å². The second kappa shape index (κ2) is 7.36. The Morgan fingerprint density at radius 1 is 1.37 bits per heavy atom. The Balaban J connectivity index is 1.79. The van der Waals surface area contributed by atoms with E-state index in [-0.39, 0.29) is 5.82 Å². The van der Waals surface area contributed by atoms with Gasteiger partial charge >= 0.3 is 0 Å². The Morgan fingerprint density at radius 2 is 2.11 bits per heavy atom. The van der Waals surface area contributed by atoms with Gasteiger partial charge in [-0.3, -0.25) is 0 Å². The van der Waals surface area contributed by atoms with Crippen LogP contribution in [0.2, 0.25) is 0 Å². The highest BCUT2D eigenvalue weighted by atomic mass is 79.9. The maximum Gasteiger partial charge on any atom is 0.123 e. The highest BCUT2D eigenvalue weighted by Gasteiger charge is 2.18. The molecule has 2 nitrogen and oxygen atoms in total. The van der Waals surface area contributed by atoms with Crippen LogP contribution < -0.4 is 5.32 Å². The molecule has 1 aromatic carbocycles. The molecule has 1 fully saturated rings. The normalized spacial score (nSPS) is 17.8. The predicted octanol–water partition coefficient (Wildman–Crippen LogP) is 3.55. The number of likely N-dealkylation sites (tertiary alicyclic amines) is 1. The molecule has 1 aliphatic rings. The molecule has 0 amide bonds. The smallest absolute Gasteiger partial charge is 0.123 e. The number of nitrogens with one attached hydrogen (secondary N) is 1. The van der Waals surface area contributed by atoms with Crippen molar-refractivity contribution in [2.24, 2.45) is 0 Å². The summed E-state index contributed by atoms with van der Waals surface area (Å²) in [6.07, 6.45) is 3.61. The fourth-order valence-electron chi connectivity index (χ4n) is 2.61. The number of hydrogen-bond acceptors (Lipinski definition) is 2. The molecule has 0 aliphatic carbocycles. The number of benzene rings is 1. The number of nitrogens with zero attached hydrogens (tertiary/aromatic N) is 1. The van der Waals surface area contributed by atoms with Gasteiger partial charge in [0.1, 0.15) is 5.82 Å². The number of rotatable bonds is 5. The molecule has 2 rings (SSSR count). The monoisotopic (exact) mass is 328 g/mol. The van der Waals surface area contributed by atoms with Crippen molar-refractivity contribution in [3.63, 3.8) is 0 Å². The highest BCUT2D eigenvalue weighted by Crippen LogP contribution is 2.18. The van der Waals surface area contributed by atoms with Gasteiger partial charge in [0.15, 0.2) is 0 Å². The predicted molar refractivity (Wildman–Crippen MR) is 80.7 cm³/mol. The SMILES string of the molecule is CCCN1CCC(NCc2cc(F)ccc2Br)CC1. The van der Waals surface area contributed by atoms with Gasteiger partial charge in [-0.1, -0.05) is 22.9 Å². The van der Waals surface area contributed by atoms with Crippen molar-refractivity contribution in [3.05, 3.63) is 34.1 Å². The summed E-state index contributed by atoms with van der Waals surface area (Å²) in [5, 5.41) is 3.55. The lowest BCUT2D eigenvalue weighted by atomic mass is 10.0. The Labute approximate surface area is 123 Å². The van der Waals surface area contributed by atoms with E-state index in [1.807, 2.05) is 0 Å². The lowest BCUT2D eigenvalue weighted by Gasteiger charge is -2.32. The first-order valence-electron chi connectivity index (χ1n) is 7.08. The van der Waals surface area contributed by atoms with Crippen LogP contribution in [-0.4, -0.2) is 30.6 Å². The molecular formula is C15H22BrFN2.